The lowest BCUT2D eigenvalue weighted by Crippen LogP contribution is -2.23. The maximum absolute atomic E-state index is 11.9. The first-order valence-corrected chi connectivity index (χ1v) is 8.48. The number of pyridine rings is 1. The zero-order valence-corrected chi connectivity index (χ0v) is 14.4. The molecule has 132 valence electrons. The molecule has 6 nitrogen and oxygen atoms in total. The van der Waals surface area contributed by atoms with Crippen LogP contribution in [0.2, 0.25) is 0 Å². The summed E-state index contributed by atoms with van der Waals surface area (Å²) in [6, 6.07) is 11.4. The second-order valence-corrected chi connectivity index (χ2v) is 5.99. The maximum atomic E-state index is 11.9. The van der Waals surface area contributed by atoms with Crippen LogP contribution in [0.1, 0.15) is 28.8 Å². The number of benzene rings is 1. The van der Waals surface area contributed by atoms with Gasteiger partial charge in [-0.05, 0) is 36.2 Å². The fourth-order valence-corrected chi connectivity index (χ4v) is 2.81. The van der Waals surface area contributed by atoms with Gasteiger partial charge in [0.1, 0.15) is 5.82 Å². The van der Waals surface area contributed by atoms with Crippen LogP contribution in [0.5, 0.6) is 0 Å². The van der Waals surface area contributed by atoms with Crippen molar-refractivity contribution in [2.24, 2.45) is 0 Å². The van der Waals surface area contributed by atoms with E-state index >= 15 is 0 Å². The number of amides is 2. The van der Waals surface area contributed by atoms with Crippen LogP contribution in [0.4, 0.5) is 11.5 Å². The third-order valence-corrected chi connectivity index (χ3v) is 4.15. The van der Waals surface area contributed by atoms with E-state index in [-0.39, 0.29) is 18.4 Å². The summed E-state index contributed by atoms with van der Waals surface area (Å²) in [4.78, 5) is 29.7. The van der Waals surface area contributed by atoms with Gasteiger partial charge in [-0.2, -0.15) is 0 Å². The van der Waals surface area contributed by atoms with Crippen LogP contribution in [0.3, 0.4) is 0 Å². The second kappa shape index (κ2) is 8.17. The van der Waals surface area contributed by atoms with Gasteiger partial charge in [0.15, 0.2) is 0 Å². The minimum atomic E-state index is -0.245. The molecule has 2 N–H and O–H groups in total. The molecule has 3 rings (SSSR count). The molecule has 0 radical (unpaired) electrons. The van der Waals surface area contributed by atoms with E-state index in [1.807, 2.05) is 29.2 Å². The Morgan fingerprint density at radius 3 is 2.88 bits per heavy atom. The first-order chi connectivity index (χ1) is 12.7. The maximum Gasteiger partial charge on any atom is 0.253 e. The Hall–Kier alpha value is -3.33. The third kappa shape index (κ3) is 4.19. The van der Waals surface area contributed by atoms with Crippen molar-refractivity contribution in [1.29, 1.82) is 0 Å². The Kier molecular flexibility index (Phi) is 5.49. The minimum Gasteiger partial charge on any atom is -0.366 e. The monoisotopic (exact) mass is 348 g/mol. The van der Waals surface area contributed by atoms with Crippen molar-refractivity contribution in [2.75, 3.05) is 23.3 Å². The lowest BCUT2D eigenvalue weighted by Gasteiger charge is -2.16. The van der Waals surface area contributed by atoms with Gasteiger partial charge in [-0.15, -0.1) is 6.42 Å². The topological polar surface area (TPSA) is 74.3 Å². The van der Waals surface area contributed by atoms with E-state index in [4.69, 9.17) is 6.42 Å². The fraction of sp³-hybridized carbons (Fsp3) is 0.250. The van der Waals surface area contributed by atoms with Crippen LogP contribution in [0.25, 0.3) is 0 Å². The Morgan fingerprint density at radius 1 is 1.31 bits per heavy atom. The van der Waals surface area contributed by atoms with E-state index in [2.05, 4.69) is 21.5 Å². The molecule has 0 atom stereocenters. The van der Waals surface area contributed by atoms with Gasteiger partial charge >= 0.3 is 0 Å². The molecule has 6 heteroatoms. The number of carbonyl (C=O) groups is 2. The van der Waals surface area contributed by atoms with Crippen LogP contribution in [-0.4, -0.2) is 29.9 Å². The molecule has 0 unspecified atom stereocenters. The molecule has 0 spiro atoms. The van der Waals surface area contributed by atoms with Gasteiger partial charge in [0.25, 0.3) is 5.91 Å². The van der Waals surface area contributed by atoms with Crippen molar-refractivity contribution >= 4 is 23.3 Å². The predicted octanol–water partition coefficient (Wildman–Crippen LogP) is 2.18. The molecule has 1 saturated heterocycles. The summed E-state index contributed by atoms with van der Waals surface area (Å²) in [5.74, 6) is 2.96. The van der Waals surface area contributed by atoms with E-state index in [0.29, 0.717) is 24.3 Å². The summed E-state index contributed by atoms with van der Waals surface area (Å²) in [7, 11) is 0. The van der Waals surface area contributed by atoms with Crippen molar-refractivity contribution in [3.63, 3.8) is 0 Å². The van der Waals surface area contributed by atoms with E-state index in [1.54, 1.807) is 12.1 Å². The quantitative estimate of drug-likeness (QED) is 0.785. The number of nitrogens with zero attached hydrogens (tertiary/aromatic N) is 2. The molecule has 0 bridgehead atoms. The number of aromatic nitrogens is 1. The molecule has 1 aliphatic rings. The van der Waals surface area contributed by atoms with Crippen molar-refractivity contribution in [2.45, 2.75) is 19.4 Å². The molecule has 2 amide bonds. The number of rotatable bonds is 6. The molecule has 1 fully saturated rings. The minimum absolute atomic E-state index is 0.176. The normalized spacial score (nSPS) is 13.3. The van der Waals surface area contributed by atoms with Crippen molar-refractivity contribution in [1.82, 2.24) is 10.3 Å². The highest BCUT2D eigenvalue weighted by atomic mass is 16.2. The Balaban J connectivity index is 1.60. The van der Waals surface area contributed by atoms with Gasteiger partial charge in [-0.25, -0.2) is 4.98 Å². The highest BCUT2D eigenvalue weighted by Gasteiger charge is 2.21. The first kappa shape index (κ1) is 17.5. The summed E-state index contributed by atoms with van der Waals surface area (Å²) < 4.78 is 0. The number of anilines is 2. The summed E-state index contributed by atoms with van der Waals surface area (Å²) >= 11 is 0. The summed E-state index contributed by atoms with van der Waals surface area (Å²) in [5, 5.41) is 5.82. The lowest BCUT2D eigenvalue weighted by molar-refractivity contribution is -0.117. The molecule has 1 aliphatic heterocycles. The third-order valence-electron chi connectivity index (χ3n) is 4.15. The smallest absolute Gasteiger partial charge is 0.253 e. The first-order valence-electron chi connectivity index (χ1n) is 8.48. The predicted molar refractivity (Wildman–Crippen MR) is 101 cm³/mol. The van der Waals surface area contributed by atoms with Gasteiger partial charge in [-0.1, -0.05) is 18.1 Å². The molecular weight excluding hydrogens is 328 g/mol. The van der Waals surface area contributed by atoms with Gasteiger partial charge in [0.2, 0.25) is 5.91 Å². The van der Waals surface area contributed by atoms with E-state index in [1.165, 1.54) is 6.20 Å². The summed E-state index contributed by atoms with van der Waals surface area (Å²) in [5.41, 5.74) is 2.44. The summed E-state index contributed by atoms with van der Waals surface area (Å²) in [6.07, 6.45) is 8.16. The molecule has 1 aromatic heterocycles. The number of hydrogen-bond donors (Lipinski definition) is 2. The molecule has 1 aromatic carbocycles. The van der Waals surface area contributed by atoms with E-state index in [9.17, 15) is 9.59 Å². The van der Waals surface area contributed by atoms with Gasteiger partial charge in [-0.3, -0.25) is 9.59 Å². The average molecular weight is 348 g/mol. The standard InChI is InChI=1S/C20H20N4O2/c1-2-10-21-20(26)16-8-9-18(23-14-16)22-13-15-5-3-6-17(12-15)24-11-4-7-19(24)25/h1,3,5-6,8-9,12,14H,4,7,10-11,13H2,(H,21,26)(H,22,23). The number of hydrogen-bond acceptors (Lipinski definition) is 4. The van der Waals surface area contributed by atoms with E-state index < -0.39 is 0 Å². The van der Waals surface area contributed by atoms with Crippen molar-refractivity contribution in [3.8, 4) is 12.3 Å². The highest BCUT2D eigenvalue weighted by Crippen LogP contribution is 2.22. The van der Waals surface area contributed by atoms with Crippen LogP contribution in [0.15, 0.2) is 42.6 Å². The Bertz CT molecular complexity index is 840. The van der Waals surface area contributed by atoms with Gasteiger partial charge in [0, 0.05) is 31.4 Å². The second-order valence-electron chi connectivity index (χ2n) is 5.99. The molecule has 0 aliphatic carbocycles. The van der Waals surface area contributed by atoms with Crippen LogP contribution < -0.4 is 15.5 Å². The highest BCUT2D eigenvalue weighted by molar-refractivity contribution is 5.95. The number of carbonyl (C=O) groups excluding carboxylic acids is 2. The molecule has 2 aromatic rings. The zero-order valence-electron chi connectivity index (χ0n) is 14.4. The fourth-order valence-electron chi connectivity index (χ4n) is 2.81. The number of terminal acetylenes is 1. The molecule has 0 saturated carbocycles. The average Bonchev–Trinajstić information content (AvgIpc) is 3.11. The molecule has 26 heavy (non-hydrogen) atoms. The van der Waals surface area contributed by atoms with Crippen LogP contribution in [0, 0.1) is 12.3 Å². The van der Waals surface area contributed by atoms with Gasteiger partial charge < -0.3 is 15.5 Å². The van der Waals surface area contributed by atoms with Crippen LogP contribution >= 0.6 is 0 Å². The van der Waals surface area contributed by atoms with Crippen LogP contribution in [-0.2, 0) is 11.3 Å². The largest absolute Gasteiger partial charge is 0.366 e. The number of nitrogens with one attached hydrogen (secondary N) is 2. The zero-order chi connectivity index (χ0) is 18.4. The van der Waals surface area contributed by atoms with Crippen molar-refractivity contribution < 1.29 is 9.59 Å². The Labute approximate surface area is 152 Å². The molecular formula is C20H20N4O2. The van der Waals surface area contributed by atoms with Gasteiger partial charge in [0.05, 0.1) is 12.1 Å². The Morgan fingerprint density at radius 2 is 2.19 bits per heavy atom. The SMILES string of the molecule is C#CCNC(=O)c1ccc(NCc2cccc(N3CCCC3=O)c2)nc1. The molecule has 2 heterocycles. The van der Waals surface area contributed by atoms with Crippen molar-refractivity contribution in [3.05, 3.63) is 53.7 Å². The lowest BCUT2D eigenvalue weighted by atomic mass is 10.2. The summed E-state index contributed by atoms with van der Waals surface area (Å²) in [6.45, 7) is 1.54. The van der Waals surface area contributed by atoms with E-state index in [0.717, 1.165) is 24.2 Å².